The molecule has 1 aliphatic rings. The average Bonchev–Trinajstić information content (AvgIpc) is 2.81. The van der Waals surface area contributed by atoms with Crippen LogP contribution in [0.4, 0.5) is 0 Å². The Bertz CT molecular complexity index is 1140. The average molecular weight is 625 g/mol. The van der Waals surface area contributed by atoms with Crippen LogP contribution in [0.2, 0.25) is 0 Å². The van der Waals surface area contributed by atoms with Crippen molar-refractivity contribution in [3.05, 3.63) is 47.5 Å². The van der Waals surface area contributed by atoms with Crippen LogP contribution >= 0.6 is 0 Å². The number of hydrogen-bond acceptors (Lipinski definition) is 12. The van der Waals surface area contributed by atoms with Crippen molar-refractivity contribution in [2.75, 3.05) is 6.61 Å². The van der Waals surface area contributed by atoms with Gasteiger partial charge in [-0.3, -0.25) is 4.79 Å². The fourth-order valence-corrected chi connectivity index (χ4v) is 3.55. The number of esters is 3. The van der Waals surface area contributed by atoms with Crippen molar-refractivity contribution in [2.24, 2.45) is 5.11 Å². The van der Waals surface area contributed by atoms with Crippen LogP contribution in [0.3, 0.4) is 0 Å². The van der Waals surface area contributed by atoms with Crippen LogP contribution in [0, 0.1) is 0 Å². The van der Waals surface area contributed by atoms with Gasteiger partial charge in [0.1, 0.15) is 35.6 Å². The first kappa shape index (κ1) is 37.8. The monoisotopic (exact) mass is 624 g/mol. The number of nitrogens with zero attached hydrogens (tertiary/aromatic N) is 3. The van der Waals surface area contributed by atoms with Crippen molar-refractivity contribution in [3.8, 4) is 0 Å². The zero-order valence-corrected chi connectivity index (χ0v) is 26.9. The van der Waals surface area contributed by atoms with Gasteiger partial charge in [-0.2, -0.15) is 0 Å². The Morgan fingerprint density at radius 3 is 1.61 bits per heavy atom. The predicted molar refractivity (Wildman–Crippen MR) is 156 cm³/mol. The van der Waals surface area contributed by atoms with Gasteiger partial charge in [-0.25, -0.2) is 14.4 Å². The maximum absolute atomic E-state index is 12.2. The van der Waals surface area contributed by atoms with Gasteiger partial charge in [0.05, 0.1) is 37.0 Å². The molecule has 0 aromatic rings. The van der Waals surface area contributed by atoms with Crippen molar-refractivity contribution in [1.29, 1.82) is 0 Å². The number of carbonyl (C=O) groups is 4. The highest BCUT2D eigenvalue weighted by molar-refractivity contribution is 5.82. The van der Waals surface area contributed by atoms with Gasteiger partial charge < -0.3 is 38.5 Å². The quantitative estimate of drug-likeness (QED) is 0.0630. The number of hydrogen-bond donors (Lipinski definition) is 1. The summed E-state index contributed by atoms with van der Waals surface area (Å²) >= 11 is 0. The highest BCUT2D eigenvalue weighted by atomic mass is 16.6. The molecule has 44 heavy (non-hydrogen) atoms. The lowest BCUT2D eigenvalue weighted by Crippen LogP contribution is -2.64. The molecule has 1 fully saturated rings. The van der Waals surface area contributed by atoms with E-state index in [9.17, 15) is 24.7 Å². The molecule has 1 N–H and O–H groups in total. The van der Waals surface area contributed by atoms with Gasteiger partial charge in [0.2, 0.25) is 5.91 Å². The molecule has 15 nitrogen and oxygen atoms in total. The molecule has 0 aliphatic carbocycles. The van der Waals surface area contributed by atoms with Crippen LogP contribution < -0.4 is 5.32 Å². The third-order valence-electron chi connectivity index (χ3n) is 4.86. The minimum absolute atomic E-state index is 0.274. The Balaban J connectivity index is 3.40. The third-order valence-corrected chi connectivity index (χ3v) is 4.86. The molecule has 1 saturated heterocycles. The van der Waals surface area contributed by atoms with E-state index >= 15 is 0 Å². The lowest BCUT2D eigenvalue weighted by Gasteiger charge is -2.44. The van der Waals surface area contributed by atoms with E-state index in [1.54, 1.807) is 62.3 Å². The summed E-state index contributed by atoms with van der Waals surface area (Å²) in [5.41, 5.74) is 6.95. The molecule has 0 saturated carbocycles. The first-order valence-corrected chi connectivity index (χ1v) is 13.8. The van der Waals surface area contributed by atoms with Gasteiger partial charge in [-0.15, -0.1) is 0 Å². The second-order valence-corrected chi connectivity index (χ2v) is 12.5. The van der Waals surface area contributed by atoms with Crippen molar-refractivity contribution in [3.63, 3.8) is 0 Å². The van der Waals surface area contributed by atoms with E-state index in [0.29, 0.717) is 0 Å². The maximum Gasteiger partial charge on any atom is 0.334 e. The molecule has 1 amide bonds. The van der Waals surface area contributed by atoms with Crippen molar-refractivity contribution >= 4 is 23.8 Å². The van der Waals surface area contributed by atoms with Gasteiger partial charge in [-0.1, -0.05) is 5.11 Å². The molecule has 0 radical (unpaired) electrons. The van der Waals surface area contributed by atoms with E-state index in [1.165, 1.54) is 6.92 Å². The molecule has 0 aromatic heterocycles. The first-order valence-electron chi connectivity index (χ1n) is 13.8. The SMILES string of the molecule is CC(=O)N[C@H]1C(N=[N+]=[N-])O[C@H](CO/C=C/C(=O)OC(C)(C)C)[C@@H](O/C=C/C(=O)OC(C)(C)C)[C@@H]1O/C=C/C(=O)OC(C)(C)C. The van der Waals surface area contributed by atoms with Crippen LogP contribution in [-0.4, -0.2) is 77.8 Å². The fourth-order valence-electron chi connectivity index (χ4n) is 3.55. The molecule has 1 unspecified atom stereocenters. The fraction of sp³-hybridized carbons (Fsp3) is 0.655. The summed E-state index contributed by atoms with van der Waals surface area (Å²) in [5, 5.41) is 6.25. The standard InChI is InChI=1S/C29H44N4O11/c1-18(34)31-23-25(40-16-13-22(37)44-29(8,9)10)24(39-15-12-21(36)43-28(5,6)7)19(41-26(23)32-33-30)17-38-14-11-20(35)42-27(2,3)4/h11-16,19,23-26H,17H2,1-10H3,(H,31,34)/b14-11+,15-12+,16-13+/t19-,23-,24-,25-,26?/m1/s1. The van der Waals surface area contributed by atoms with Crippen molar-refractivity contribution < 1.29 is 52.3 Å². The zero-order valence-electron chi connectivity index (χ0n) is 26.9. The topological polar surface area (TPSA) is 194 Å². The van der Waals surface area contributed by atoms with E-state index in [0.717, 1.165) is 37.0 Å². The maximum atomic E-state index is 12.2. The number of azide groups is 1. The number of rotatable bonds is 12. The lowest BCUT2D eigenvalue weighted by molar-refractivity contribution is -0.197. The molecule has 15 heteroatoms. The summed E-state index contributed by atoms with van der Waals surface area (Å²) in [5.74, 6) is -2.57. The zero-order chi connectivity index (χ0) is 33.7. The van der Waals surface area contributed by atoms with Crippen LogP contribution in [-0.2, 0) is 52.3 Å². The lowest BCUT2D eigenvalue weighted by atomic mass is 9.95. The van der Waals surface area contributed by atoms with Crippen molar-refractivity contribution in [2.45, 2.75) is 117 Å². The molecule has 5 atom stereocenters. The summed E-state index contributed by atoms with van der Waals surface area (Å²) < 4.78 is 38.8. The summed E-state index contributed by atoms with van der Waals surface area (Å²) in [7, 11) is 0. The third kappa shape index (κ3) is 15.8. The highest BCUT2D eigenvalue weighted by Crippen LogP contribution is 2.28. The van der Waals surface area contributed by atoms with Gasteiger partial charge in [0.25, 0.3) is 0 Å². The largest absolute Gasteiger partial charge is 0.498 e. The number of ether oxygens (including phenoxy) is 7. The molecule has 1 rings (SSSR count). The molecule has 1 heterocycles. The Labute approximate surface area is 257 Å². The Hall–Kier alpha value is -4.23. The molecule has 0 spiro atoms. The first-order chi connectivity index (χ1) is 20.2. The van der Waals surface area contributed by atoms with Crippen LogP contribution in [0.1, 0.15) is 69.2 Å². The second-order valence-electron chi connectivity index (χ2n) is 12.5. The normalized spacial score (nSPS) is 22.6. The summed E-state index contributed by atoms with van der Waals surface area (Å²) in [6, 6.07) is -1.12. The van der Waals surface area contributed by atoms with Gasteiger partial charge >= 0.3 is 17.9 Å². The molecule has 1 aliphatic heterocycles. The molecule has 0 aromatic carbocycles. The van der Waals surface area contributed by atoms with Gasteiger partial charge in [0.15, 0.2) is 18.4 Å². The summed E-state index contributed by atoms with van der Waals surface area (Å²) in [4.78, 5) is 51.4. The molecular formula is C29H44N4O11. The van der Waals surface area contributed by atoms with E-state index in [2.05, 4.69) is 15.3 Å². The van der Waals surface area contributed by atoms with Crippen LogP contribution in [0.5, 0.6) is 0 Å². The van der Waals surface area contributed by atoms with E-state index in [4.69, 9.17) is 33.2 Å². The summed E-state index contributed by atoms with van der Waals surface area (Å²) in [6.45, 7) is 16.3. The van der Waals surface area contributed by atoms with Crippen LogP contribution in [0.25, 0.3) is 10.4 Å². The number of nitrogens with one attached hydrogen (secondary N) is 1. The summed E-state index contributed by atoms with van der Waals surface area (Å²) in [6.07, 6.45) is 1.61. The predicted octanol–water partition coefficient (Wildman–Crippen LogP) is 3.88. The molecule has 246 valence electrons. The second kappa shape index (κ2) is 16.6. The smallest absolute Gasteiger partial charge is 0.334 e. The van der Waals surface area contributed by atoms with E-state index in [1.807, 2.05) is 0 Å². The van der Waals surface area contributed by atoms with E-state index in [-0.39, 0.29) is 6.61 Å². The Morgan fingerprint density at radius 1 is 0.773 bits per heavy atom. The Morgan fingerprint density at radius 2 is 1.20 bits per heavy atom. The van der Waals surface area contributed by atoms with Crippen LogP contribution in [0.15, 0.2) is 42.1 Å². The van der Waals surface area contributed by atoms with Crippen molar-refractivity contribution in [1.82, 2.24) is 5.32 Å². The highest BCUT2D eigenvalue weighted by Gasteiger charge is 2.49. The number of amides is 1. The molecule has 0 bridgehead atoms. The van der Waals surface area contributed by atoms with E-state index < -0.39 is 71.2 Å². The van der Waals surface area contributed by atoms with Gasteiger partial charge in [-0.05, 0) is 67.8 Å². The number of carbonyl (C=O) groups excluding carboxylic acids is 4. The molecular weight excluding hydrogens is 580 g/mol. The van der Waals surface area contributed by atoms with Gasteiger partial charge in [0, 0.05) is 11.8 Å². The minimum atomic E-state index is -1.32. The minimum Gasteiger partial charge on any atom is -0.498 e. The Kier molecular flexibility index (Phi) is 14.2.